The van der Waals surface area contributed by atoms with Gasteiger partial charge in [-0.05, 0) is 48.5 Å². The molecular weight excluding hydrogens is 420 g/mol. The highest BCUT2D eigenvalue weighted by molar-refractivity contribution is 8.01. The Balaban J connectivity index is 1.24. The lowest BCUT2D eigenvalue weighted by molar-refractivity contribution is -0.118. The number of hydrogen-bond acceptors (Lipinski definition) is 8. The van der Waals surface area contributed by atoms with E-state index in [4.69, 9.17) is 9.15 Å². The number of thioether (sulfide) groups is 1. The topological polar surface area (TPSA) is 89.3 Å². The van der Waals surface area contributed by atoms with Crippen LogP contribution >= 0.6 is 23.1 Å². The first-order chi connectivity index (χ1) is 14.7. The van der Waals surface area contributed by atoms with E-state index in [0.29, 0.717) is 11.7 Å². The third-order valence-electron chi connectivity index (χ3n) is 3.86. The Labute approximate surface area is 181 Å². The van der Waals surface area contributed by atoms with Gasteiger partial charge in [-0.1, -0.05) is 41.3 Å². The predicted molar refractivity (Wildman–Crippen MR) is 117 cm³/mol. The maximum absolute atomic E-state index is 11.9. The molecule has 9 heteroatoms. The van der Waals surface area contributed by atoms with Gasteiger partial charge < -0.3 is 19.8 Å². The van der Waals surface area contributed by atoms with E-state index in [1.165, 1.54) is 23.1 Å². The molecule has 152 valence electrons. The van der Waals surface area contributed by atoms with Crippen LogP contribution in [0.2, 0.25) is 0 Å². The number of para-hydroxylation sites is 1. The summed E-state index contributed by atoms with van der Waals surface area (Å²) in [5.74, 6) is 2.44. The fourth-order valence-corrected chi connectivity index (χ4v) is 4.05. The molecule has 0 fully saturated rings. The molecule has 0 aliphatic heterocycles. The lowest BCUT2D eigenvalue weighted by Gasteiger charge is -2.06. The van der Waals surface area contributed by atoms with Gasteiger partial charge in [0, 0.05) is 5.69 Å². The minimum atomic E-state index is -0.0879. The molecule has 0 bridgehead atoms. The van der Waals surface area contributed by atoms with E-state index in [0.717, 1.165) is 27.3 Å². The number of carbonyl (C=O) groups excluding carboxylic acids is 1. The Hall–Kier alpha value is -3.30. The van der Waals surface area contributed by atoms with E-state index in [9.17, 15) is 4.79 Å². The molecule has 0 aliphatic carbocycles. The molecule has 30 heavy (non-hydrogen) atoms. The number of anilines is 2. The van der Waals surface area contributed by atoms with Crippen LogP contribution in [0, 0.1) is 0 Å². The van der Waals surface area contributed by atoms with Gasteiger partial charge in [0.1, 0.15) is 17.3 Å². The third-order valence-corrected chi connectivity index (χ3v) is 5.83. The van der Waals surface area contributed by atoms with Crippen LogP contribution < -0.4 is 15.4 Å². The zero-order valence-corrected chi connectivity index (χ0v) is 17.4. The number of amides is 1. The average Bonchev–Trinajstić information content (AvgIpc) is 3.45. The lowest BCUT2D eigenvalue weighted by atomic mass is 10.3. The molecule has 0 atom stereocenters. The molecule has 0 unspecified atom stereocenters. The van der Waals surface area contributed by atoms with Crippen LogP contribution in [0.1, 0.15) is 5.76 Å². The Morgan fingerprint density at radius 2 is 1.80 bits per heavy atom. The van der Waals surface area contributed by atoms with Gasteiger partial charge in [-0.2, -0.15) is 0 Å². The molecule has 0 saturated carbocycles. The Bertz CT molecular complexity index is 1070. The van der Waals surface area contributed by atoms with Gasteiger partial charge >= 0.3 is 0 Å². The molecule has 2 aromatic carbocycles. The normalized spacial score (nSPS) is 10.5. The molecule has 0 aliphatic rings. The summed E-state index contributed by atoms with van der Waals surface area (Å²) >= 11 is 2.74. The highest BCUT2D eigenvalue weighted by atomic mass is 32.2. The van der Waals surface area contributed by atoms with Gasteiger partial charge in [0.2, 0.25) is 11.0 Å². The van der Waals surface area contributed by atoms with Crippen LogP contribution in [0.15, 0.2) is 81.8 Å². The third kappa shape index (κ3) is 5.85. The van der Waals surface area contributed by atoms with Crippen molar-refractivity contribution in [3.8, 4) is 11.5 Å². The molecule has 2 N–H and O–H groups in total. The summed E-state index contributed by atoms with van der Waals surface area (Å²) in [5, 5.41) is 14.9. The van der Waals surface area contributed by atoms with Gasteiger partial charge in [-0.3, -0.25) is 4.79 Å². The number of nitrogens with zero attached hydrogens (tertiary/aromatic N) is 2. The fraction of sp³-hybridized carbons (Fsp3) is 0.0952. The number of hydrogen-bond donors (Lipinski definition) is 2. The number of rotatable bonds is 9. The molecule has 2 aromatic heterocycles. The summed E-state index contributed by atoms with van der Waals surface area (Å²) in [5.41, 5.74) is 0.874. The molecule has 0 radical (unpaired) electrons. The quantitative estimate of drug-likeness (QED) is 0.352. The summed E-state index contributed by atoms with van der Waals surface area (Å²) in [7, 11) is 0. The van der Waals surface area contributed by atoms with Crippen LogP contribution in [0.4, 0.5) is 10.8 Å². The van der Waals surface area contributed by atoms with Crippen molar-refractivity contribution in [1.29, 1.82) is 0 Å². The molecule has 0 saturated heterocycles. The minimum absolute atomic E-state index is 0.0879. The summed E-state index contributed by atoms with van der Waals surface area (Å²) in [6.07, 6.45) is 1.58. The fourth-order valence-electron chi connectivity index (χ4n) is 2.45. The van der Waals surface area contributed by atoms with Crippen molar-refractivity contribution in [3.63, 3.8) is 0 Å². The first-order valence-electron chi connectivity index (χ1n) is 9.10. The monoisotopic (exact) mass is 438 g/mol. The smallest absolute Gasteiger partial charge is 0.230 e. The number of ether oxygens (including phenoxy) is 1. The summed E-state index contributed by atoms with van der Waals surface area (Å²) in [6.45, 7) is 0.374. The summed E-state index contributed by atoms with van der Waals surface area (Å²) in [6, 6.07) is 20.8. The van der Waals surface area contributed by atoms with Crippen LogP contribution in [0.5, 0.6) is 11.5 Å². The number of furan rings is 1. The molecule has 7 nitrogen and oxygen atoms in total. The highest BCUT2D eigenvalue weighted by Crippen LogP contribution is 2.29. The lowest BCUT2D eigenvalue weighted by Crippen LogP contribution is -2.24. The van der Waals surface area contributed by atoms with Crippen molar-refractivity contribution in [3.05, 3.63) is 78.8 Å². The zero-order chi connectivity index (χ0) is 20.6. The molecule has 4 rings (SSSR count). The van der Waals surface area contributed by atoms with E-state index in [1.807, 2.05) is 60.7 Å². The van der Waals surface area contributed by atoms with Crippen LogP contribution in [0.25, 0.3) is 0 Å². The molecule has 0 spiro atoms. The molecule has 1 amide bonds. The van der Waals surface area contributed by atoms with Crippen molar-refractivity contribution in [2.75, 3.05) is 11.1 Å². The summed E-state index contributed by atoms with van der Waals surface area (Å²) < 4.78 is 11.7. The number of aromatic nitrogens is 2. The summed E-state index contributed by atoms with van der Waals surface area (Å²) in [4.78, 5) is 11.9. The van der Waals surface area contributed by atoms with Crippen molar-refractivity contribution in [1.82, 2.24) is 15.5 Å². The number of benzene rings is 2. The first kappa shape index (κ1) is 20.0. The van der Waals surface area contributed by atoms with E-state index in [2.05, 4.69) is 20.8 Å². The van der Waals surface area contributed by atoms with Crippen LogP contribution in [-0.4, -0.2) is 21.9 Å². The van der Waals surface area contributed by atoms with E-state index in [1.54, 1.807) is 12.3 Å². The van der Waals surface area contributed by atoms with Crippen molar-refractivity contribution >= 4 is 39.8 Å². The van der Waals surface area contributed by atoms with Gasteiger partial charge in [-0.15, -0.1) is 10.2 Å². The minimum Gasteiger partial charge on any atom is -0.467 e. The Morgan fingerprint density at radius 1 is 1.00 bits per heavy atom. The van der Waals surface area contributed by atoms with Gasteiger partial charge in [0.25, 0.3) is 0 Å². The van der Waals surface area contributed by atoms with E-state index >= 15 is 0 Å². The van der Waals surface area contributed by atoms with E-state index < -0.39 is 0 Å². The second kappa shape index (κ2) is 9.95. The zero-order valence-electron chi connectivity index (χ0n) is 15.8. The second-order valence-corrected chi connectivity index (χ2v) is 8.28. The molecule has 2 heterocycles. The number of nitrogens with one attached hydrogen (secondary N) is 2. The van der Waals surface area contributed by atoms with Gasteiger partial charge in [0.05, 0.1) is 18.6 Å². The van der Waals surface area contributed by atoms with E-state index in [-0.39, 0.29) is 11.7 Å². The maximum atomic E-state index is 11.9. The van der Waals surface area contributed by atoms with Crippen LogP contribution in [0.3, 0.4) is 0 Å². The molecule has 4 aromatic rings. The standard InChI is InChI=1S/C21H18N4O3S2/c26-19(22-13-18-7-4-12-27-18)14-29-21-25-24-20(30-21)23-15-8-10-17(11-9-15)28-16-5-2-1-3-6-16/h1-12H,13-14H2,(H,22,26)(H,23,24). The van der Waals surface area contributed by atoms with Crippen molar-refractivity contribution in [2.24, 2.45) is 0 Å². The van der Waals surface area contributed by atoms with Crippen LogP contribution in [-0.2, 0) is 11.3 Å². The Morgan fingerprint density at radius 3 is 2.57 bits per heavy atom. The average molecular weight is 439 g/mol. The van der Waals surface area contributed by atoms with Crippen molar-refractivity contribution < 1.29 is 13.9 Å². The molecular formula is C21H18N4O3S2. The first-order valence-corrected chi connectivity index (χ1v) is 10.9. The predicted octanol–water partition coefficient (Wildman–Crippen LogP) is 5.08. The largest absolute Gasteiger partial charge is 0.467 e. The Kier molecular flexibility index (Phi) is 6.63. The maximum Gasteiger partial charge on any atom is 0.230 e. The SMILES string of the molecule is O=C(CSc1nnc(Nc2ccc(Oc3ccccc3)cc2)s1)NCc1ccco1. The van der Waals surface area contributed by atoms with Gasteiger partial charge in [-0.25, -0.2) is 0 Å². The number of carbonyl (C=O) groups is 1. The van der Waals surface area contributed by atoms with Crippen molar-refractivity contribution in [2.45, 2.75) is 10.9 Å². The highest BCUT2D eigenvalue weighted by Gasteiger charge is 2.09. The van der Waals surface area contributed by atoms with Gasteiger partial charge in [0.15, 0.2) is 4.34 Å². The second-order valence-electron chi connectivity index (χ2n) is 6.08.